The highest BCUT2D eigenvalue weighted by molar-refractivity contribution is 5.89. The van der Waals surface area contributed by atoms with Crippen LogP contribution in [0, 0.1) is 31.6 Å². The van der Waals surface area contributed by atoms with Gasteiger partial charge in [-0.1, -0.05) is 89.1 Å². The van der Waals surface area contributed by atoms with Gasteiger partial charge in [0.2, 0.25) is 0 Å². The van der Waals surface area contributed by atoms with Crippen molar-refractivity contribution >= 4 is 17.7 Å². The fourth-order valence-electron chi connectivity index (χ4n) is 6.65. The maximum atomic E-state index is 13.9. The molecule has 0 radical (unpaired) electrons. The molecule has 0 spiro atoms. The summed E-state index contributed by atoms with van der Waals surface area (Å²) in [7, 11) is 0. The van der Waals surface area contributed by atoms with Crippen molar-refractivity contribution in [2.45, 2.75) is 105 Å². The molecule has 1 aliphatic heterocycles. The van der Waals surface area contributed by atoms with E-state index in [1.54, 1.807) is 4.90 Å². The number of urea groups is 1. The van der Waals surface area contributed by atoms with Crippen LogP contribution in [0.25, 0.3) is 0 Å². The molecule has 1 saturated heterocycles. The van der Waals surface area contributed by atoms with E-state index in [1.807, 2.05) is 76.2 Å². The number of rotatable bonds is 18. The molecule has 45 heavy (non-hydrogen) atoms. The zero-order valence-corrected chi connectivity index (χ0v) is 28.2. The van der Waals surface area contributed by atoms with Gasteiger partial charge in [0.15, 0.2) is 12.4 Å². The lowest BCUT2D eigenvalue weighted by Crippen LogP contribution is -2.55. The summed E-state index contributed by atoms with van der Waals surface area (Å²) in [5.74, 6) is 0.726. The fraction of sp³-hybridized carbons (Fsp3) is 0.595. The Kier molecular flexibility index (Phi) is 14.4. The van der Waals surface area contributed by atoms with Crippen molar-refractivity contribution < 1.29 is 24.2 Å². The first kappa shape index (κ1) is 36.1. The lowest BCUT2D eigenvalue weighted by molar-refractivity contribution is -0.127. The lowest BCUT2D eigenvalue weighted by Gasteiger charge is -2.37. The van der Waals surface area contributed by atoms with Gasteiger partial charge in [0.25, 0.3) is 5.91 Å². The lowest BCUT2D eigenvalue weighted by atomic mass is 9.80. The second-order valence-electron chi connectivity index (χ2n) is 13.1. The number of hydrogen-bond donors (Lipinski definition) is 3. The Labute approximate surface area is 270 Å². The number of para-hydroxylation sites is 1. The summed E-state index contributed by atoms with van der Waals surface area (Å²) in [6, 6.07) is 14.4. The zero-order chi connectivity index (χ0) is 32.9. The van der Waals surface area contributed by atoms with E-state index in [0.717, 1.165) is 42.4 Å². The third-order valence-corrected chi connectivity index (χ3v) is 9.16. The number of ether oxygens (including phenoxy) is 1. The summed E-state index contributed by atoms with van der Waals surface area (Å²) in [4.78, 5) is 41.5. The zero-order valence-electron chi connectivity index (χ0n) is 28.2. The Morgan fingerprint density at radius 1 is 0.978 bits per heavy atom. The van der Waals surface area contributed by atoms with Gasteiger partial charge < -0.3 is 25.4 Å². The number of aliphatic hydroxyl groups is 1. The number of carbonyl (C=O) groups excluding carboxylic acids is 3. The van der Waals surface area contributed by atoms with E-state index in [1.165, 1.54) is 0 Å². The highest BCUT2D eigenvalue weighted by atomic mass is 16.5. The van der Waals surface area contributed by atoms with E-state index in [-0.39, 0.29) is 42.6 Å². The molecule has 1 aliphatic rings. The number of nitrogens with zero attached hydrogens (tertiary/aromatic N) is 1. The normalized spacial score (nSPS) is 16.2. The molecule has 8 nitrogen and oxygen atoms in total. The van der Waals surface area contributed by atoms with Crippen molar-refractivity contribution in [3.63, 3.8) is 0 Å². The smallest absolute Gasteiger partial charge is 0.318 e. The number of ketones is 1. The SMILES string of the molecule is CCC(CC)C[C@@H](CC(=O)[C@H](C(C)C)N1CCCNC1=O)C[C@H](O)[C@H](Cc1ccccc1)NC(=O)COc1c(C)cccc1C. The van der Waals surface area contributed by atoms with Gasteiger partial charge in [-0.3, -0.25) is 9.59 Å². The van der Waals surface area contributed by atoms with Crippen LogP contribution in [0.5, 0.6) is 5.75 Å². The molecule has 3 rings (SSSR count). The Morgan fingerprint density at radius 2 is 1.64 bits per heavy atom. The predicted molar refractivity (Wildman–Crippen MR) is 179 cm³/mol. The first-order chi connectivity index (χ1) is 21.5. The fourth-order valence-corrected chi connectivity index (χ4v) is 6.65. The van der Waals surface area contributed by atoms with Gasteiger partial charge in [0, 0.05) is 19.5 Å². The van der Waals surface area contributed by atoms with Crippen LogP contribution < -0.4 is 15.4 Å². The molecule has 3 amide bonds. The van der Waals surface area contributed by atoms with E-state index in [9.17, 15) is 19.5 Å². The van der Waals surface area contributed by atoms with Gasteiger partial charge in [-0.15, -0.1) is 0 Å². The summed E-state index contributed by atoms with van der Waals surface area (Å²) in [6.07, 6.45) is 3.80. The van der Waals surface area contributed by atoms with Crippen LogP contribution in [0.1, 0.15) is 82.9 Å². The van der Waals surface area contributed by atoms with Gasteiger partial charge in [0.1, 0.15) is 5.75 Å². The highest BCUT2D eigenvalue weighted by Crippen LogP contribution is 2.29. The molecule has 3 N–H and O–H groups in total. The van der Waals surface area contributed by atoms with E-state index in [2.05, 4.69) is 24.5 Å². The van der Waals surface area contributed by atoms with Crippen molar-refractivity contribution in [2.75, 3.05) is 19.7 Å². The summed E-state index contributed by atoms with van der Waals surface area (Å²) >= 11 is 0. The second-order valence-corrected chi connectivity index (χ2v) is 13.1. The first-order valence-corrected chi connectivity index (χ1v) is 16.8. The molecule has 0 aromatic heterocycles. The molecule has 0 saturated carbocycles. The Hall–Kier alpha value is -3.39. The molecule has 4 atom stereocenters. The first-order valence-electron chi connectivity index (χ1n) is 16.8. The van der Waals surface area contributed by atoms with E-state index < -0.39 is 18.2 Å². The highest BCUT2D eigenvalue weighted by Gasteiger charge is 2.36. The number of aliphatic hydroxyl groups excluding tert-OH is 1. The molecule has 8 heteroatoms. The number of carbonyl (C=O) groups is 3. The molecule has 1 fully saturated rings. The van der Waals surface area contributed by atoms with Gasteiger partial charge in [0.05, 0.1) is 18.2 Å². The van der Waals surface area contributed by atoms with E-state index in [4.69, 9.17) is 4.74 Å². The van der Waals surface area contributed by atoms with Crippen molar-refractivity contribution in [3.8, 4) is 5.75 Å². The van der Waals surface area contributed by atoms with Crippen LogP contribution in [0.15, 0.2) is 48.5 Å². The van der Waals surface area contributed by atoms with Crippen LogP contribution in [0.4, 0.5) is 4.79 Å². The Balaban J connectivity index is 1.79. The number of hydrogen-bond acceptors (Lipinski definition) is 5. The standard InChI is InChI=1S/C37H55N3O5/c1-7-28(8-2)20-30(23-33(42)35(25(3)4)40-19-13-18-38-37(40)44)22-32(41)31(21-29-16-10-9-11-17-29)39-34(43)24-45-36-26(5)14-12-15-27(36)6/h9-12,14-17,25,28,30-32,35,41H,7-8,13,18-24H2,1-6H3,(H,38,44)(H,39,43)/t30-,31+,32+,35+/m1/s1. The molecule has 2 aromatic carbocycles. The Bertz CT molecular complexity index is 1210. The minimum Gasteiger partial charge on any atom is -0.483 e. The van der Waals surface area contributed by atoms with Crippen molar-refractivity contribution in [2.24, 2.45) is 17.8 Å². The van der Waals surface area contributed by atoms with Crippen LogP contribution in [0.3, 0.4) is 0 Å². The molecule has 0 aliphatic carbocycles. The third kappa shape index (κ3) is 10.9. The van der Waals surface area contributed by atoms with Crippen LogP contribution in [-0.2, 0) is 16.0 Å². The molecule has 0 bridgehead atoms. The maximum Gasteiger partial charge on any atom is 0.318 e. The Morgan fingerprint density at radius 3 is 2.24 bits per heavy atom. The molecule has 0 unspecified atom stereocenters. The summed E-state index contributed by atoms with van der Waals surface area (Å²) in [5.41, 5.74) is 2.92. The third-order valence-electron chi connectivity index (χ3n) is 9.16. The monoisotopic (exact) mass is 621 g/mol. The molecular weight excluding hydrogens is 566 g/mol. The summed E-state index contributed by atoms with van der Waals surface area (Å²) in [6.45, 7) is 13.2. The molecule has 248 valence electrons. The van der Waals surface area contributed by atoms with Gasteiger partial charge in [-0.25, -0.2) is 4.79 Å². The largest absolute Gasteiger partial charge is 0.483 e. The van der Waals surface area contributed by atoms with E-state index >= 15 is 0 Å². The summed E-state index contributed by atoms with van der Waals surface area (Å²) in [5, 5.41) is 17.7. The summed E-state index contributed by atoms with van der Waals surface area (Å²) < 4.78 is 5.92. The van der Waals surface area contributed by atoms with E-state index in [0.29, 0.717) is 37.6 Å². The average molecular weight is 622 g/mol. The quantitative estimate of drug-likeness (QED) is 0.189. The van der Waals surface area contributed by atoms with Crippen molar-refractivity contribution in [1.29, 1.82) is 0 Å². The minimum atomic E-state index is -0.877. The maximum absolute atomic E-state index is 13.9. The minimum absolute atomic E-state index is 0.0259. The van der Waals surface area contributed by atoms with Crippen LogP contribution in [0.2, 0.25) is 0 Å². The van der Waals surface area contributed by atoms with Gasteiger partial charge in [-0.05, 0) is 74.0 Å². The number of benzene rings is 2. The van der Waals surface area contributed by atoms with Crippen LogP contribution >= 0.6 is 0 Å². The van der Waals surface area contributed by atoms with Crippen molar-refractivity contribution in [3.05, 3.63) is 65.2 Å². The van der Waals surface area contributed by atoms with Gasteiger partial charge >= 0.3 is 6.03 Å². The predicted octanol–water partition coefficient (Wildman–Crippen LogP) is 6.00. The van der Waals surface area contributed by atoms with Crippen molar-refractivity contribution in [1.82, 2.24) is 15.5 Å². The number of Topliss-reactive ketones (excluding diaryl/α,β-unsaturated/α-hetero) is 1. The molecule has 1 heterocycles. The topological polar surface area (TPSA) is 108 Å². The second kappa shape index (κ2) is 17.9. The van der Waals surface area contributed by atoms with Gasteiger partial charge in [-0.2, -0.15) is 0 Å². The number of amides is 3. The number of nitrogens with one attached hydrogen (secondary N) is 2. The molecule has 2 aromatic rings. The number of aryl methyl sites for hydroxylation is 2. The average Bonchev–Trinajstić information content (AvgIpc) is 3.00. The molecular formula is C37H55N3O5. The van der Waals surface area contributed by atoms with Crippen LogP contribution in [-0.4, -0.2) is 65.6 Å².